The molecule has 8 heteroatoms. The zero-order valence-corrected chi connectivity index (χ0v) is 16.1. The van der Waals surface area contributed by atoms with Gasteiger partial charge in [0.15, 0.2) is 5.82 Å². The van der Waals surface area contributed by atoms with Gasteiger partial charge in [-0.1, -0.05) is 37.3 Å². The van der Waals surface area contributed by atoms with Crippen molar-refractivity contribution in [3.05, 3.63) is 47.5 Å². The van der Waals surface area contributed by atoms with Gasteiger partial charge < -0.3 is 15.7 Å². The van der Waals surface area contributed by atoms with Gasteiger partial charge in [0, 0.05) is 25.4 Å². The maximum atomic E-state index is 12.6. The number of urea groups is 1. The highest BCUT2D eigenvalue weighted by molar-refractivity contribution is 5.75. The number of carboxylic acids is 1. The third kappa shape index (κ3) is 5.31. The van der Waals surface area contributed by atoms with E-state index in [1.807, 2.05) is 41.9 Å². The number of aryl methyl sites for hydroxylation is 2. The second-order valence-corrected chi connectivity index (χ2v) is 7.09. The van der Waals surface area contributed by atoms with Crippen LogP contribution in [0.15, 0.2) is 30.3 Å². The van der Waals surface area contributed by atoms with Crippen LogP contribution < -0.4 is 10.6 Å². The van der Waals surface area contributed by atoms with Crippen LogP contribution in [-0.2, 0) is 24.2 Å². The van der Waals surface area contributed by atoms with Crippen molar-refractivity contribution in [1.29, 1.82) is 0 Å². The Morgan fingerprint density at radius 2 is 2.11 bits per heavy atom. The minimum absolute atomic E-state index is 0.00932. The van der Waals surface area contributed by atoms with Crippen LogP contribution in [0, 0.1) is 0 Å². The molecule has 150 valence electrons. The van der Waals surface area contributed by atoms with E-state index >= 15 is 0 Å². The van der Waals surface area contributed by atoms with Crippen molar-refractivity contribution in [3.8, 4) is 0 Å². The number of fused-ring (bicyclic) bond motifs is 1. The summed E-state index contributed by atoms with van der Waals surface area (Å²) >= 11 is 0. The Bertz CT molecular complexity index is 805. The number of amides is 2. The van der Waals surface area contributed by atoms with Crippen LogP contribution in [0.2, 0.25) is 0 Å². The van der Waals surface area contributed by atoms with Gasteiger partial charge in [-0.3, -0.25) is 4.79 Å². The van der Waals surface area contributed by atoms with Crippen molar-refractivity contribution in [2.45, 2.75) is 64.1 Å². The number of hydrogen-bond donors (Lipinski definition) is 3. The molecule has 8 nitrogen and oxygen atoms in total. The first-order chi connectivity index (χ1) is 13.5. The zero-order chi connectivity index (χ0) is 19.9. The maximum Gasteiger partial charge on any atom is 0.315 e. The summed E-state index contributed by atoms with van der Waals surface area (Å²) in [7, 11) is 0. The van der Waals surface area contributed by atoms with E-state index in [9.17, 15) is 9.59 Å². The Kier molecular flexibility index (Phi) is 6.62. The number of carboxylic acid groups (broad SMARTS) is 1. The third-order valence-electron chi connectivity index (χ3n) is 4.91. The number of carbonyl (C=O) groups excluding carboxylic acids is 1. The lowest BCUT2D eigenvalue weighted by Crippen LogP contribution is -2.45. The summed E-state index contributed by atoms with van der Waals surface area (Å²) in [6.45, 7) is 2.82. The van der Waals surface area contributed by atoms with E-state index in [2.05, 4.69) is 20.7 Å². The molecule has 0 saturated heterocycles. The molecule has 1 aromatic heterocycles. The van der Waals surface area contributed by atoms with Crippen LogP contribution in [0.4, 0.5) is 4.79 Å². The normalized spacial score (nSPS) is 16.8. The third-order valence-corrected chi connectivity index (χ3v) is 4.91. The molecule has 3 rings (SSSR count). The van der Waals surface area contributed by atoms with E-state index in [-0.39, 0.29) is 24.5 Å². The monoisotopic (exact) mass is 385 g/mol. The average Bonchev–Trinajstić information content (AvgIpc) is 3.11. The molecule has 0 spiro atoms. The maximum absolute atomic E-state index is 12.6. The SMILES string of the molecule is CCc1nc2n(n1)CCCC2NC(=O)NC(CCC(=O)O)Cc1ccccc1. The molecule has 2 heterocycles. The van der Waals surface area contributed by atoms with Crippen LogP contribution in [-0.4, -0.2) is 37.9 Å². The van der Waals surface area contributed by atoms with Crippen molar-refractivity contribution in [3.63, 3.8) is 0 Å². The molecule has 0 aliphatic carbocycles. The van der Waals surface area contributed by atoms with Crippen molar-refractivity contribution >= 4 is 12.0 Å². The summed E-state index contributed by atoms with van der Waals surface area (Å²) in [4.78, 5) is 28.1. The van der Waals surface area contributed by atoms with Gasteiger partial charge in [-0.2, -0.15) is 5.10 Å². The number of rotatable bonds is 8. The minimum Gasteiger partial charge on any atom is -0.481 e. The molecule has 3 N–H and O–H groups in total. The summed E-state index contributed by atoms with van der Waals surface area (Å²) in [5.41, 5.74) is 1.06. The lowest BCUT2D eigenvalue weighted by molar-refractivity contribution is -0.137. The van der Waals surface area contributed by atoms with E-state index in [4.69, 9.17) is 5.11 Å². The van der Waals surface area contributed by atoms with Gasteiger partial charge in [-0.25, -0.2) is 14.5 Å². The summed E-state index contributed by atoms with van der Waals surface area (Å²) < 4.78 is 1.87. The Hall–Kier alpha value is -2.90. The van der Waals surface area contributed by atoms with E-state index < -0.39 is 5.97 Å². The Labute approximate surface area is 164 Å². The molecule has 2 atom stereocenters. The first-order valence-corrected chi connectivity index (χ1v) is 9.81. The van der Waals surface area contributed by atoms with Crippen molar-refractivity contribution in [2.75, 3.05) is 0 Å². The van der Waals surface area contributed by atoms with Crippen LogP contribution in [0.25, 0.3) is 0 Å². The molecule has 0 bridgehead atoms. The van der Waals surface area contributed by atoms with Crippen LogP contribution in [0.5, 0.6) is 0 Å². The zero-order valence-electron chi connectivity index (χ0n) is 16.1. The highest BCUT2D eigenvalue weighted by Gasteiger charge is 2.26. The lowest BCUT2D eigenvalue weighted by atomic mass is 10.0. The number of carbonyl (C=O) groups is 2. The quantitative estimate of drug-likeness (QED) is 0.647. The molecule has 2 amide bonds. The van der Waals surface area contributed by atoms with Gasteiger partial charge in [-0.05, 0) is 31.2 Å². The van der Waals surface area contributed by atoms with Gasteiger partial charge in [0.25, 0.3) is 0 Å². The first kappa shape index (κ1) is 19.9. The Morgan fingerprint density at radius 1 is 1.32 bits per heavy atom. The first-order valence-electron chi connectivity index (χ1n) is 9.81. The van der Waals surface area contributed by atoms with E-state index in [0.717, 1.165) is 43.0 Å². The van der Waals surface area contributed by atoms with Crippen molar-refractivity contribution < 1.29 is 14.7 Å². The number of benzene rings is 1. The highest BCUT2D eigenvalue weighted by Crippen LogP contribution is 2.23. The Morgan fingerprint density at radius 3 is 2.82 bits per heavy atom. The lowest BCUT2D eigenvalue weighted by Gasteiger charge is -2.25. The molecule has 1 aliphatic heterocycles. The largest absolute Gasteiger partial charge is 0.481 e. The number of hydrogen-bond acceptors (Lipinski definition) is 4. The Balaban J connectivity index is 1.63. The molecular formula is C20H27N5O3. The van der Waals surface area contributed by atoms with Gasteiger partial charge in [0.1, 0.15) is 5.82 Å². The predicted octanol–water partition coefficient (Wildman–Crippen LogP) is 2.45. The highest BCUT2D eigenvalue weighted by atomic mass is 16.4. The van der Waals surface area contributed by atoms with Crippen molar-refractivity contribution in [1.82, 2.24) is 25.4 Å². The fourth-order valence-electron chi connectivity index (χ4n) is 3.49. The molecule has 2 unspecified atom stereocenters. The fourth-order valence-corrected chi connectivity index (χ4v) is 3.49. The molecule has 1 aromatic carbocycles. The second-order valence-electron chi connectivity index (χ2n) is 7.09. The molecular weight excluding hydrogens is 358 g/mol. The van der Waals surface area contributed by atoms with E-state index in [1.54, 1.807) is 0 Å². The fraction of sp³-hybridized carbons (Fsp3) is 0.500. The van der Waals surface area contributed by atoms with Gasteiger partial charge >= 0.3 is 12.0 Å². The summed E-state index contributed by atoms with van der Waals surface area (Å²) in [6.07, 6.45) is 3.47. The summed E-state index contributed by atoms with van der Waals surface area (Å²) in [6, 6.07) is 9.01. The van der Waals surface area contributed by atoms with Gasteiger partial charge in [0.05, 0.1) is 6.04 Å². The topological polar surface area (TPSA) is 109 Å². The van der Waals surface area contributed by atoms with Crippen molar-refractivity contribution in [2.24, 2.45) is 0 Å². The van der Waals surface area contributed by atoms with Crippen LogP contribution in [0.3, 0.4) is 0 Å². The molecule has 1 aliphatic rings. The summed E-state index contributed by atoms with van der Waals surface area (Å²) in [5.74, 6) is 0.712. The van der Waals surface area contributed by atoms with Gasteiger partial charge in [-0.15, -0.1) is 0 Å². The molecule has 0 fully saturated rings. The van der Waals surface area contributed by atoms with E-state index in [0.29, 0.717) is 12.8 Å². The average molecular weight is 385 g/mol. The second kappa shape index (κ2) is 9.34. The number of nitrogens with zero attached hydrogens (tertiary/aromatic N) is 3. The smallest absolute Gasteiger partial charge is 0.315 e. The minimum atomic E-state index is -0.868. The number of nitrogens with one attached hydrogen (secondary N) is 2. The molecule has 2 aromatic rings. The molecule has 0 saturated carbocycles. The summed E-state index contributed by atoms with van der Waals surface area (Å²) in [5, 5.41) is 19.4. The molecule has 28 heavy (non-hydrogen) atoms. The standard InChI is InChI=1S/C20H27N5O3/c1-2-17-23-19-16(9-6-12-25(19)24-17)22-20(28)21-15(10-11-18(26)27)13-14-7-4-3-5-8-14/h3-5,7-8,15-16H,2,6,9-13H2,1H3,(H,26,27)(H2,21,22,28). The van der Waals surface area contributed by atoms with E-state index in [1.165, 1.54) is 0 Å². The number of aliphatic carboxylic acids is 1. The molecule has 0 radical (unpaired) electrons. The van der Waals surface area contributed by atoms with Crippen LogP contribution in [0.1, 0.15) is 55.9 Å². The number of aromatic nitrogens is 3. The predicted molar refractivity (Wildman–Crippen MR) is 104 cm³/mol. The van der Waals surface area contributed by atoms with Crippen LogP contribution >= 0.6 is 0 Å². The van der Waals surface area contributed by atoms with Gasteiger partial charge in [0.2, 0.25) is 0 Å².